The maximum atomic E-state index is 14.6. The molecule has 0 N–H and O–H groups in total. The third-order valence-electron chi connectivity index (χ3n) is 6.02. The second-order valence-electron chi connectivity index (χ2n) is 8.21. The average molecular weight is 429 g/mol. The van der Waals surface area contributed by atoms with E-state index in [0.29, 0.717) is 17.2 Å². The van der Waals surface area contributed by atoms with Gasteiger partial charge in [0.1, 0.15) is 10.7 Å². The van der Waals surface area contributed by atoms with Crippen LogP contribution in [0.4, 0.5) is 4.39 Å². The molecule has 1 aliphatic rings. The van der Waals surface area contributed by atoms with Gasteiger partial charge in [-0.15, -0.1) is 11.3 Å². The number of halogens is 1. The third-order valence-corrected chi connectivity index (χ3v) is 7.15. The molecule has 1 aromatic carbocycles. The zero-order valence-corrected chi connectivity index (χ0v) is 19.0. The minimum atomic E-state index is -0.275. The number of unbranched alkanes of at least 4 members (excludes halogenated alkanes) is 3. The minimum Gasteiger partial charge on any atom is -0.465 e. The molecule has 1 heterocycles. The van der Waals surface area contributed by atoms with Gasteiger partial charge in [-0.1, -0.05) is 50.5 Å². The van der Waals surface area contributed by atoms with Crippen LogP contribution >= 0.6 is 11.3 Å². The predicted molar refractivity (Wildman–Crippen MR) is 124 cm³/mol. The largest absolute Gasteiger partial charge is 0.465 e. The second-order valence-corrected chi connectivity index (χ2v) is 9.38. The van der Waals surface area contributed by atoms with E-state index in [1.54, 1.807) is 0 Å². The van der Waals surface area contributed by atoms with Gasteiger partial charge in [-0.05, 0) is 73.3 Å². The fourth-order valence-corrected chi connectivity index (χ4v) is 5.30. The van der Waals surface area contributed by atoms with Crippen molar-refractivity contribution in [2.45, 2.75) is 71.1 Å². The molecule has 0 bridgehead atoms. The lowest BCUT2D eigenvalue weighted by Crippen LogP contribution is -2.01. The van der Waals surface area contributed by atoms with Gasteiger partial charge in [0.15, 0.2) is 0 Å². The van der Waals surface area contributed by atoms with Gasteiger partial charge in [0.05, 0.1) is 7.11 Å². The summed E-state index contributed by atoms with van der Waals surface area (Å²) < 4.78 is 19.4. The molecular weight excluding hydrogens is 395 g/mol. The summed E-state index contributed by atoms with van der Waals surface area (Å²) in [7, 11) is 1.41. The summed E-state index contributed by atoms with van der Waals surface area (Å²) >= 11 is 1.50. The summed E-state index contributed by atoms with van der Waals surface area (Å²) in [6.45, 7) is 2.23. The Kier molecular flexibility index (Phi) is 8.68. The van der Waals surface area contributed by atoms with Gasteiger partial charge in [0.2, 0.25) is 0 Å². The van der Waals surface area contributed by atoms with Crippen molar-refractivity contribution < 1.29 is 13.9 Å². The van der Waals surface area contributed by atoms with Gasteiger partial charge >= 0.3 is 5.97 Å². The highest BCUT2D eigenvalue weighted by Gasteiger charge is 2.26. The number of methoxy groups -OCH3 is 1. The summed E-state index contributed by atoms with van der Waals surface area (Å²) in [4.78, 5) is 13.4. The Morgan fingerprint density at radius 3 is 2.60 bits per heavy atom. The van der Waals surface area contributed by atoms with Crippen molar-refractivity contribution in [3.05, 3.63) is 63.1 Å². The van der Waals surface area contributed by atoms with E-state index in [1.807, 2.05) is 12.1 Å². The van der Waals surface area contributed by atoms with E-state index < -0.39 is 0 Å². The van der Waals surface area contributed by atoms with Crippen molar-refractivity contribution in [3.8, 4) is 0 Å². The van der Waals surface area contributed by atoms with Crippen molar-refractivity contribution in [2.24, 2.45) is 5.92 Å². The van der Waals surface area contributed by atoms with Crippen LogP contribution in [-0.2, 0) is 17.6 Å². The smallest absolute Gasteiger partial charge is 0.348 e. The first kappa shape index (κ1) is 22.7. The number of hydrogen-bond donors (Lipinski definition) is 0. The molecule has 1 aromatic heterocycles. The van der Waals surface area contributed by atoms with Crippen molar-refractivity contribution in [3.63, 3.8) is 0 Å². The van der Waals surface area contributed by atoms with Crippen LogP contribution in [0.5, 0.6) is 0 Å². The third kappa shape index (κ3) is 6.04. The number of ether oxygens (including phenoxy) is 1. The Morgan fingerprint density at radius 1 is 1.07 bits per heavy atom. The summed E-state index contributed by atoms with van der Waals surface area (Å²) in [5, 5.41) is 0. The van der Waals surface area contributed by atoms with Crippen LogP contribution in [0.3, 0.4) is 0 Å². The van der Waals surface area contributed by atoms with E-state index >= 15 is 0 Å². The van der Waals surface area contributed by atoms with Crippen LogP contribution in [0.2, 0.25) is 0 Å². The van der Waals surface area contributed by atoms with Crippen molar-refractivity contribution in [1.82, 2.24) is 0 Å². The number of carbonyl (C=O) groups excluding carboxylic acids is 1. The number of carbonyl (C=O) groups is 1. The van der Waals surface area contributed by atoms with Gasteiger partial charge in [0, 0.05) is 11.3 Å². The number of esters is 1. The lowest BCUT2D eigenvalue weighted by Gasteiger charge is -2.15. The van der Waals surface area contributed by atoms with Crippen molar-refractivity contribution >= 4 is 22.9 Å². The molecular formula is C26H33FO2S. The molecule has 2 nitrogen and oxygen atoms in total. The number of allylic oxidation sites excluding steroid dienone is 2. The van der Waals surface area contributed by atoms with Crippen molar-refractivity contribution in [1.29, 1.82) is 0 Å². The van der Waals surface area contributed by atoms with E-state index in [9.17, 15) is 9.18 Å². The molecule has 0 radical (unpaired) electrons. The van der Waals surface area contributed by atoms with E-state index in [1.165, 1.54) is 54.6 Å². The molecule has 30 heavy (non-hydrogen) atoms. The SMILES string of the molecule is CCCCCCc1ccc(C2=C(F)CCC2CCCc2ccc(C(=O)OC)s2)cc1. The molecule has 0 amide bonds. The molecule has 1 unspecified atom stereocenters. The van der Waals surface area contributed by atoms with Crippen molar-refractivity contribution in [2.75, 3.05) is 7.11 Å². The molecule has 0 fully saturated rings. The fourth-order valence-electron chi connectivity index (χ4n) is 4.33. The predicted octanol–water partition coefficient (Wildman–Crippen LogP) is 7.77. The molecule has 3 rings (SSSR count). The molecule has 2 aromatic rings. The molecule has 4 heteroatoms. The fraction of sp³-hybridized carbons (Fsp3) is 0.500. The molecule has 1 atom stereocenters. The Morgan fingerprint density at radius 2 is 1.87 bits per heavy atom. The van der Waals surface area contributed by atoms with Gasteiger partial charge in [-0.3, -0.25) is 0 Å². The maximum Gasteiger partial charge on any atom is 0.348 e. The summed E-state index contributed by atoms with van der Waals surface area (Å²) in [5.74, 6) is 0.0865. The summed E-state index contributed by atoms with van der Waals surface area (Å²) in [6.07, 6.45) is 10.5. The summed E-state index contributed by atoms with van der Waals surface area (Å²) in [5.41, 5.74) is 3.33. The minimum absolute atomic E-state index is 0.0693. The number of hydrogen-bond acceptors (Lipinski definition) is 3. The van der Waals surface area contributed by atoms with Crippen LogP contribution in [0.25, 0.3) is 5.57 Å². The molecule has 0 saturated carbocycles. The van der Waals surface area contributed by atoms with Gasteiger partial charge in [0.25, 0.3) is 0 Å². The van der Waals surface area contributed by atoms with Gasteiger partial charge < -0.3 is 4.74 Å². The maximum absolute atomic E-state index is 14.6. The normalized spacial score (nSPS) is 16.3. The van der Waals surface area contributed by atoms with E-state index in [-0.39, 0.29) is 11.8 Å². The van der Waals surface area contributed by atoms with Crippen LogP contribution < -0.4 is 0 Å². The Bertz CT molecular complexity index is 850. The van der Waals surface area contributed by atoms with E-state index in [0.717, 1.165) is 43.2 Å². The lowest BCUT2D eigenvalue weighted by molar-refractivity contribution is 0.0606. The van der Waals surface area contributed by atoms with Crippen LogP contribution in [0, 0.1) is 5.92 Å². The Labute approximate surface area is 184 Å². The van der Waals surface area contributed by atoms with Gasteiger partial charge in [-0.25, -0.2) is 9.18 Å². The molecule has 0 spiro atoms. The first-order valence-electron chi connectivity index (χ1n) is 11.3. The summed E-state index contributed by atoms with van der Waals surface area (Å²) in [6, 6.07) is 12.4. The van der Waals surface area contributed by atoms with E-state index in [4.69, 9.17) is 4.74 Å². The Balaban J connectivity index is 1.54. The number of aryl methyl sites for hydroxylation is 2. The van der Waals surface area contributed by atoms with Gasteiger partial charge in [-0.2, -0.15) is 0 Å². The quantitative estimate of drug-likeness (QED) is 0.270. The topological polar surface area (TPSA) is 26.3 Å². The first-order chi connectivity index (χ1) is 14.6. The van der Waals surface area contributed by atoms with E-state index in [2.05, 4.69) is 31.2 Å². The zero-order chi connectivity index (χ0) is 21.3. The second kappa shape index (κ2) is 11.5. The first-order valence-corrected chi connectivity index (χ1v) is 12.1. The number of benzene rings is 1. The highest BCUT2D eigenvalue weighted by atomic mass is 32.1. The Hall–Kier alpha value is -1.94. The van der Waals surface area contributed by atoms with Crippen LogP contribution in [0.15, 0.2) is 42.2 Å². The van der Waals surface area contributed by atoms with Crippen LogP contribution in [-0.4, -0.2) is 13.1 Å². The van der Waals surface area contributed by atoms with Crippen LogP contribution in [0.1, 0.15) is 84.0 Å². The highest BCUT2D eigenvalue weighted by Crippen LogP contribution is 2.42. The number of rotatable bonds is 11. The molecule has 0 saturated heterocycles. The lowest BCUT2D eigenvalue weighted by atomic mass is 9.89. The molecule has 0 aliphatic heterocycles. The average Bonchev–Trinajstić information content (AvgIpc) is 3.38. The molecule has 162 valence electrons. The molecule has 1 aliphatic carbocycles. The highest BCUT2D eigenvalue weighted by molar-refractivity contribution is 7.13. The monoisotopic (exact) mass is 428 g/mol. The zero-order valence-electron chi connectivity index (χ0n) is 18.2. The number of thiophene rings is 1. The standard InChI is InChI=1S/C26H33FO2S/c1-3-4-5-6-8-19-11-13-21(14-12-19)25-20(15-17-23(25)27)9-7-10-22-16-18-24(30-22)26(28)29-2/h11-14,16,18,20H,3-10,15,17H2,1-2H3.